The fraction of sp³-hybridized carbons (Fsp3) is 0.150. The topological polar surface area (TPSA) is 78.5 Å². The summed E-state index contributed by atoms with van der Waals surface area (Å²) < 4.78 is 11.9. The maximum absolute atomic E-state index is 13.2. The Morgan fingerprint density at radius 3 is 2.65 bits per heavy atom. The zero-order valence-corrected chi connectivity index (χ0v) is 14.2. The molecule has 0 saturated carbocycles. The van der Waals surface area contributed by atoms with Gasteiger partial charge in [0.05, 0.1) is 17.4 Å². The van der Waals surface area contributed by atoms with Gasteiger partial charge in [0.1, 0.15) is 11.1 Å². The van der Waals surface area contributed by atoms with Gasteiger partial charge >= 0.3 is 5.97 Å². The summed E-state index contributed by atoms with van der Waals surface area (Å²) in [5.41, 5.74) is -0.539. The molecule has 26 heavy (non-hydrogen) atoms. The van der Waals surface area contributed by atoms with E-state index in [0.717, 1.165) is 15.3 Å². The van der Waals surface area contributed by atoms with E-state index in [9.17, 15) is 14.4 Å². The van der Waals surface area contributed by atoms with Crippen molar-refractivity contribution in [2.75, 3.05) is 6.61 Å². The number of aryl methyl sites for hydroxylation is 1. The second kappa shape index (κ2) is 5.84. The van der Waals surface area contributed by atoms with Crippen molar-refractivity contribution in [2.24, 2.45) is 7.05 Å². The Morgan fingerprint density at radius 2 is 1.88 bits per heavy atom. The molecule has 4 rings (SSSR count). The molecule has 0 atom stereocenters. The van der Waals surface area contributed by atoms with E-state index < -0.39 is 11.5 Å². The van der Waals surface area contributed by atoms with E-state index in [-0.39, 0.29) is 28.7 Å². The zero-order valence-electron chi connectivity index (χ0n) is 14.2. The monoisotopic (exact) mass is 349 g/mol. The number of rotatable bonds is 2. The lowest BCUT2D eigenvalue weighted by atomic mass is 10.0. The quantitative estimate of drug-likeness (QED) is 0.316. The van der Waals surface area contributed by atoms with E-state index >= 15 is 0 Å². The molecule has 0 N–H and O–H groups in total. The SMILES string of the molecule is CCOC(=O)c1cc2c(=O)c3c(ccc4ccccc43)oc2n(C)c1=O. The fourth-order valence-electron chi connectivity index (χ4n) is 3.17. The van der Waals surface area contributed by atoms with Gasteiger partial charge < -0.3 is 9.15 Å². The number of carbonyl (C=O) groups is 1. The van der Waals surface area contributed by atoms with Crippen LogP contribution in [0.25, 0.3) is 32.8 Å². The van der Waals surface area contributed by atoms with Crippen molar-refractivity contribution in [3.05, 3.63) is 68.6 Å². The predicted octanol–water partition coefficient (Wildman–Crippen LogP) is 2.97. The maximum Gasteiger partial charge on any atom is 0.343 e. The Kier molecular flexibility index (Phi) is 3.61. The second-order valence-corrected chi connectivity index (χ2v) is 5.95. The average Bonchev–Trinajstić information content (AvgIpc) is 2.65. The molecule has 130 valence electrons. The molecule has 4 aromatic rings. The van der Waals surface area contributed by atoms with E-state index in [1.165, 1.54) is 13.1 Å². The number of hydrogen-bond donors (Lipinski definition) is 0. The summed E-state index contributed by atoms with van der Waals surface area (Å²) in [6, 6.07) is 12.3. The van der Waals surface area contributed by atoms with Crippen molar-refractivity contribution in [3.8, 4) is 0 Å². The molecule has 0 aliphatic heterocycles. The molecule has 2 aromatic heterocycles. The molecule has 0 spiro atoms. The van der Waals surface area contributed by atoms with Crippen molar-refractivity contribution >= 4 is 38.8 Å². The lowest BCUT2D eigenvalue weighted by Crippen LogP contribution is -2.27. The minimum Gasteiger partial charge on any atom is -0.462 e. The van der Waals surface area contributed by atoms with Crippen molar-refractivity contribution < 1.29 is 13.9 Å². The van der Waals surface area contributed by atoms with E-state index in [0.29, 0.717) is 11.0 Å². The Labute approximate surface area is 147 Å². The van der Waals surface area contributed by atoms with Crippen LogP contribution in [0.3, 0.4) is 0 Å². The summed E-state index contributed by atoms with van der Waals surface area (Å²) in [5.74, 6) is -0.757. The third-order valence-corrected chi connectivity index (χ3v) is 4.42. The molecule has 6 heteroatoms. The lowest BCUT2D eigenvalue weighted by Gasteiger charge is -2.09. The van der Waals surface area contributed by atoms with Crippen molar-refractivity contribution in [1.82, 2.24) is 4.57 Å². The molecular weight excluding hydrogens is 334 g/mol. The van der Waals surface area contributed by atoms with Gasteiger partial charge in [-0.3, -0.25) is 14.2 Å². The largest absolute Gasteiger partial charge is 0.462 e. The number of ether oxygens (including phenoxy) is 1. The Bertz CT molecular complexity index is 1310. The van der Waals surface area contributed by atoms with Crippen LogP contribution in [-0.4, -0.2) is 17.1 Å². The number of esters is 1. The van der Waals surface area contributed by atoms with Crippen LogP contribution in [0.1, 0.15) is 17.3 Å². The van der Waals surface area contributed by atoms with Crippen molar-refractivity contribution in [1.29, 1.82) is 0 Å². The first-order valence-corrected chi connectivity index (χ1v) is 8.18. The summed E-state index contributed by atoms with van der Waals surface area (Å²) in [6.07, 6.45) is 0. The van der Waals surface area contributed by atoms with Crippen LogP contribution in [0.2, 0.25) is 0 Å². The first kappa shape index (κ1) is 16.1. The van der Waals surface area contributed by atoms with Gasteiger partial charge in [0.15, 0.2) is 0 Å². The Hall–Kier alpha value is -3.41. The highest BCUT2D eigenvalue weighted by atomic mass is 16.5. The van der Waals surface area contributed by atoms with Gasteiger partial charge in [-0.05, 0) is 29.8 Å². The molecule has 6 nitrogen and oxygen atoms in total. The number of aromatic nitrogens is 1. The molecule has 2 aromatic carbocycles. The van der Waals surface area contributed by atoms with Crippen LogP contribution in [0.4, 0.5) is 0 Å². The van der Waals surface area contributed by atoms with Gasteiger partial charge in [-0.1, -0.05) is 30.3 Å². The van der Waals surface area contributed by atoms with Crippen LogP contribution in [0.15, 0.2) is 56.5 Å². The smallest absolute Gasteiger partial charge is 0.343 e. The highest BCUT2D eigenvalue weighted by Gasteiger charge is 2.20. The number of pyridine rings is 1. The third kappa shape index (κ3) is 2.23. The first-order chi connectivity index (χ1) is 12.5. The molecule has 0 saturated heterocycles. The van der Waals surface area contributed by atoms with E-state index in [4.69, 9.17) is 9.15 Å². The van der Waals surface area contributed by atoms with Gasteiger partial charge in [0.25, 0.3) is 5.56 Å². The first-order valence-electron chi connectivity index (χ1n) is 8.18. The van der Waals surface area contributed by atoms with Crippen LogP contribution in [0.5, 0.6) is 0 Å². The highest BCUT2D eigenvalue weighted by Crippen LogP contribution is 2.25. The number of carbonyl (C=O) groups excluding carboxylic acids is 1. The van der Waals surface area contributed by atoms with Crippen LogP contribution in [0, 0.1) is 0 Å². The van der Waals surface area contributed by atoms with E-state index in [1.54, 1.807) is 13.0 Å². The van der Waals surface area contributed by atoms with Crippen molar-refractivity contribution in [2.45, 2.75) is 6.92 Å². The number of hydrogen-bond acceptors (Lipinski definition) is 5. The molecule has 2 heterocycles. The van der Waals surface area contributed by atoms with Crippen LogP contribution in [-0.2, 0) is 11.8 Å². The molecule has 0 aliphatic carbocycles. The summed E-state index contributed by atoms with van der Waals surface area (Å²) in [5, 5.41) is 2.25. The molecule has 0 unspecified atom stereocenters. The number of benzene rings is 2. The Morgan fingerprint density at radius 1 is 1.12 bits per heavy atom. The number of nitrogens with zero attached hydrogens (tertiary/aromatic N) is 1. The molecule has 0 aliphatic rings. The molecule has 0 radical (unpaired) electrons. The standard InChI is InChI=1S/C20H15NO5/c1-3-25-20(24)14-10-13-17(22)16-12-7-5-4-6-11(12)8-9-15(16)26-19(13)21(2)18(14)23/h4-10H,3H2,1-2H3. The number of fused-ring (bicyclic) bond motifs is 4. The van der Waals surface area contributed by atoms with Gasteiger partial charge in [-0.25, -0.2) is 4.79 Å². The Balaban J connectivity index is 2.19. The fourth-order valence-corrected chi connectivity index (χ4v) is 3.17. The molecule has 0 fully saturated rings. The molecular formula is C20H15NO5. The average molecular weight is 349 g/mol. The lowest BCUT2D eigenvalue weighted by molar-refractivity contribution is 0.0524. The van der Waals surface area contributed by atoms with E-state index in [1.807, 2.05) is 30.3 Å². The molecule has 0 amide bonds. The second-order valence-electron chi connectivity index (χ2n) is 5.95. The van der Waals surface area contributed by atoms with E-state index in [2.05, 4.69) is 0 Å². The van der Waals surface area contributed by atoms with Gasteiger partial charge in [-0.2, -0.15) is 0 Å². The van der Waals surface area contributed by atoms with Gasteiger partial charge in [0, 0.05) is 7.05 Å². The van der Waals surface area contributed by atoms with Crippen LogP contribution >= 0.6 is 0 Å². The summed E-state index contributed by atoms with van der Waals surface area (Å²) >= 11 is 0. The maximum atomic E-state index is 13.2. The van der Waals surface area contributed by atoms with Crippen molar-refractivity contribution in [3.63, 3.8) is 0 Å². The summed E-state index contributed by atoms with van der Waals surface area (Å²) in [4.78, 5) is 37.7. The highest BCUT2D eigenvalue weighted by molar-refractivity contribution is 6.08. The van der Waals surface area contributed by atoms with Gasteiger partial charge in [-0.15, -0.1) is 0 Å². The molecule has 0 bridgehead atoms. The zero-order chi connectivity index (χ0) is 18.4. The predicted molar refractivity (Wildman–Crippen MR) is 98.7 cm³/mol. The van der Waals surface area contributed by atoms with Crippen LogP contribution < -0.4 is 11.0 Å². The minimum atomic E-state index is -0.757. The summed E-state index contributed by atoms with van der Waals surface area (Å²) in [6.45, 7) is 1.79. The van der Waals surface area contributed by atoms with Gasteiger partial charge in [0.2, 0.25) is 11.1 Å². The normalized spacial score (nSPS) is 11.3. The summed E-state index contributed by atoms with van der Waals surface area (Å²) in [7, 11) is 1.46. The minimum absolute atomic E-state index is 0.121. The third-order valence-electron chi connectivity index (χ3n) is 4.42.